The van der Waals surface area contributed by atoms with E-state index >= 15 is 0 Å². The molecule has 2 aromatic carbocycles. The van der Waals surface area contributed by atoms with Crippen LogP contribution < -0.4 is 5.32 Å². The molecular formula is C35H40N2O. The molecule has 0 aliphatic heterocycles. The van der Waals surface area contributed by atoms with Crippen LogP contribution in [0.4, 0.5) is 0 Å². The molecule has 0 atom stereocenters. The van der Waals surface area contributed by atoms with Gasteiger partial charge < -0.3 is 10.2 Å². The lowest BCUT2D eigenvalue weighted by atomic mass is 9.93. The van der Waals surface area contributed by atoms with E-state index in [1.54, 1.807) is 23.3 Å². The van der Waals surface area contributed by atoms with Crippen molar-refractivity contribution in [3.05, 3.63) is 157 Å². The van der Waals surface area contributed by atoms with Gasteiger partial charge in [-0.1, -0.05) is 105 Å². The third-order valence-electron chi connectivity index (χ3n) is 6.13. The van der Waals surface area contributed by atoms with Crippen molar-refractivity contribution in [2.45, 2.75) is 40.7 Å². The molecule has 0 saturated carbocycles. The molecule has 1 amide bonds. The smallest absolute Gasteiger partial charge is 0.253 e. The molecule has 0 unspecified atom stereocenters. The standard InChI is InChI=1S/C35H40N2O/c1-9-13-14-30(11-3)34-20-19-33(28(8)23-34)22-27(7)32-17-15-29(16-18-32)24-36-35(38)31(12-4)25-37(21-10-2)26(5)6/h9-21,23,25H,1,4-5,7,22,24H2,2-3,6,8H3,(H,36,38)/b14-13-,21-10-,30-11+,31-25+. The monoisotopic (exact) mass is 504 g/mol. The molecule has 38 heavy (non-hydrogen) atoms. The number of carbonyl (C=O) groups excluding carboxylic acids is 1. The number of hydrogen-bond acceptors (Lipinski definition) is 2. The summed E-state index contributed by atoms with van der Waals surface area (Å²) in [5, 5.41) is 2.97. The van der Waals surface area contributed by atoms with Crippen molar-refractivity contribution in [2.75, 3.05) is 0 Å². The van der Waals surface area contributed by atoms with E-state index < -0.39 is 0 Å². The van der Waals surface area contributed by atoms with Crippen molar-refractivity contribution in [2.24, 2.45) is 0 Å². The van der Waals surface area contributed by atoms with Crippen molar-refractivity contribution >= 4 is 17.1 Å². The van der Waals surface area contributed by atoms with Crippen LogP contribution in [0.25, 0.3) is 11.1 Å². The molecular weight excluding hydrogens is 464 g/mol. The molecule has 0 bridgehead atoms. The number of benzene rings is 2. The fraction of sp³-hybridized carbons (Fsp3) is 0.171. The first-order chi connectivity index (χ1) is 18.2. The summed E-state index contributed by atoms with van der Waals surface area (Å²) in [5.41, 5.74) is 9.27. The summed E-state index contributed by atoms with van der Waals surface area (Å²) in [6.07, 6.45) is 15.7. The lowest BCUT2D eigenvalue weighted by molar-refractivity contribution is -0.117. The largest absolute Gasteiger partial charge is 0.348 e. The summed E-state index contributed by atoms with van der Waals surface area (Å²) in [6.45, 7) is 24.2. The quantitative estimate of drug-likeness (QED) is 0.219. The van der Waals surface area contributed by atoms with E-state index in [4.69, 9.17) is 0 Å². The number of nitrogens with one attached hydrogen (secondary N) is 1. The zero-order valence-electron chi connectivity index (χ0n) is 23.3. The first-order valence-electron chi connectivity index (χ1n) is 12.8. The minimum Gasteiger partial charge on any atom is -0.348 e. The van der Waals surface area contributed by atoms with Gasteiger partial charge in [0.25, 0.3) is 5.91 Å². The Morgan fingerprint density at radius 2 is 1.71 bits per heavy atom. The van der Waals surface area contributed by atoms with E-state index in [-0.39, 0.29) is 5.91 Å². The number of carbonyl (C=O) groups is 1. The van der Waals surface area contributed by atoms with Gasteiger partial charge in [-0.05, 0) is 73.1 Å². The van der Waals surface area contributed by atoms with E-state index in [0.29, 0.717) is 12.1 Å². The van der Waals surface area contributed by atoms with Crippen molar-refractivity contribution in [3.8, 4) is 0 Å². The van der Waals surface area contributed by atoms with E-state index in [9.17, 15) is 4.79 Å². The summed E-state index contributed by atoms with van der Waals surface area (Å²) in [7, 11) is 0. The Balaban J connectivity index is 2.05. The van der Waals surface area contributed by atoms with E-state index in [0.717, 1.165) is 28.8 Å². The molecule has 1 N–H and O–H groups in total. The molecule has 0 spiro atoms. The Hall–Kier alpha value is -4.37. The van der Waals surface area contributed by atoms with Gasteiger partial charge in [-0.3, -0.25) is 4.79 Å². The summed E-state index contributed by atoms with van der Waals surface area (Å²) < 4.78 is 0. The summed E-state index contributed by atoms with van der Waals surface area (Å²) in [4.78, 5) is 14.5. The number of nitrogens with zero attached hydrogens (tertiary/aromatic N) is 1. The average Bonchev–Trinajstić information content (AvgIpc) is 2.91. The van der Waals surface area contributed by atoms with Gasteiger partial charge in [0.1, 0.15) is 0 Å². The lowest BCUT2D eigenvalue weighted by Gasteiger charge is -2.16. The van der Waals surface area contributed by atoms with Crippen LogP contribution in [0, 0.1) is 6.92 Å². The van der Waals surface area contributed by atoms with Crippen LogP contribution in [-0.2, 0) is 17.8 Å². The lowest BCUT2D eigenvalue weighted by Crippen LogP contribution is -2.25. The molecule has 196 valence electrons. The Kier molecular flexibility index (Phi) is 11.8. The first kappa shape index (κ1) is 29.9. The third-order valence-corrected chi connectivity index (χ3v) is 6.13. The first-order valence-corrected chi connectivity index (χ1v) is 12.8. The molecule has 0 saturated heterocycles. The second-order valence-corrected chi connectivity index (χ2v) is 9.05. The van der Waals surface area contributed by atoms with Gasteiger partial charge in [-0.25, -0.2) is 0 Å². The van der Waals surface area contributed by atoms with Crippen molar-refractivity contribution < 1.29 is 4.79 Å². The minimum atomic E-state index is -0.191. The van der Waals surface area contributed by atoms with Crippen LogP contribution in [0.5, 0.6) is 0 Å². The zero-order valence-corrected chi connectivity index (χ0v) is 23.3. The van der Waals surface area contributed by atoms with E-state index in [1.165, 1.54) is 22.3 Å². The molecule has 0 fully saturated rings. The molecule has 2 rings (SSSR count). The normalized spacial score (nSPS) is 12.0. The highest BCUT2D eigenvalue weighted by molar-refractivity contribution is 5.95. The Morgan fingerprint density at radius 3 is 2.26 bits per heavy atom. The third kappa shape index (κ3) is 8.63. The fourth-order valence-corrected chi connectivity index (χ4v) is 3.87. The van der Waals surface area contributed by atoms with Crippen molar-refractivity contribution in [3.63, 3.8) is 0 Å². The van der Waals surface area contributed by atoms with Gasteiger partial charge in [0.05, 0.1) is 5.57 Å². The van der Waals surface area contributed by atoms with Gasteiger partial charge in [-0.15, -0.1) is 0 Å². The minimum absolute atomic E-state index is 0.191. The van der Waals surface area contributed by atoms with Gasteiger partial charge in [0, 0.05) is 24.6 Å². The van der Waals surface area contributed by atoms with Gasteiger partial charge in [0.2, 0.25) is 0 Å². The summed E-state index contributed by atoms with van der Waals surface area (Å²) >= 11 is 0. The Morgan fingerprint density at radius 1 is 1.03 bits per heavy atom. The van der Waals surface area contributed by atoms with Gasteiger partial charge in [-0.2, -0.15) is 0 Å². The SMILES string of the molecule is C=C/C=C\C(=C/C)c1ccc(CC(=C)c2ccc(CNC(=O)/C(C=C)=C/N(/C=C\C)C(=C)C)cc2)c(C)c1. The summed E-state index contributed by atoms with van der Waals surface area (Å²) in [6, 6.07) is 14.7. The maximum Gasteiger partial charge on any atom is 0.253 e. The summed E-state index contributed by atoms with van der Waals surface area (Å²) in [5.74, 6) is -0.191. The molecule has 0 heterocycles. The van der Waals surface area contributed by atoms with Crippen molar-refractivity contribution in [1.29, 1.82) is 0 Å². The molecule has 0 aliphatic rings. The van der Waals surface area contributed by atoms with Gasteiger partial charge in [0.15, 0.2) is 0 Å². The predicted octanol–water partition coefficient (Wildman–Crippen LogP) is 8.45. The number of rotatable bonds is 13. The zero-order chi connectivity index (χ0) is 28.1. The second kappa shape index (κ2) is 15.0. The molecule has 0 aliphatic carbocycles. The maximum atomic E-state index is 12.7. The second-order valence-electron chi connectivity index (χ2n) is 9.05. The van der Waals surface area contributed by atoms with E-state index in [1.807, 2.05) is 51.3 Å². The van der Waals surface area contributed by atoms with E-state index in [2.05, 4.69) is 81.0 Å². The fourth-order valence-electron chi connectivity index (χ4n) is 3.87. The maximum absolute atomic E-state index is 12.7. The van der Waals surface area contributed by atoms with Crippen LogP contribution in [0.1, 0.15) is 48.6 Å². The molecule has 0 aromatic heterocycles. The molecule has 2 aromatic rings. The van der Waals surface area contributed by atoms with Crippen LogP contribution >= 0.6 is 0 Å². The number of aryl methyl sites for hydroxylation is 1. The molecule has 3 nitrogen and oxygen atoms in total. The topological polar surface area (TPSA) is 32.3 Å². The van der Waals surface area contributed by atoms with Crippen LogP contribution in [0.3, 0.4) is 0 Å². The number of hydrogen-bond donors (Lipinski definition) is 1. The van der Waals surface area contributed by atoms with Crippen LogP contribution in [0.2, 0.25) is 0 Å². The van der Waals surface area contributed by atoms with Gasteiger partial charge >= 0.3 is 0 Å². The predicted molar refractivity (Wildman–Crippen MR) is 165 cm³/mol. The highest BCUT2D eigenvalue weighted by Gasteiger charge is 2.09. The Bertz CT molecular complexity index is 1300. The molecule has 3 heteroatoms. The average molecular weight is 505 g/mol. The highest BCUT2D eigenvalue weighted by Crippen LogP contribution is 2.24. The highest BCUT2D eigenvalue weighted by atomic mass is 16.1. The van der Waals surface area contributed by atoms with Crippen LogP contribution in [0.15, 0.2) is 129 Å². The molecule has 0 radical (unpaired) electrons. The number of allylic oxidation sites excluding steroid dienone is 8. The number of amides is 1. The Labute approximate surface area is 229 Å². The van der Waals surface area contributed by atoms with Crippen LogP contribution in [-0.4, -0.2) is 10.8 Å². The van der Waals surface area contributed by atoms with Crippen molar-refractivity contribution in [1.82, 2.24) is 10.2 Å².